The molecule has 5 heteroatoms. The summed E-state index contributed by atoms with van der Waals surface area (Å²) in [5.41, 5.74) is 3.46. The van der Waals surface area contributed by atoms with Crippen LogP contribution in [0.15, 0.2) is 30.6 Å². The van der Waals surface area contributed by atoms with Gasteiger partial charge in [0.05, 0.1) is 24.9 Å². The highest BCUT2D eigenvalue weighted by Gasteiger charge is 2.18. The molecule has 0 amide bonds. The third-order valence-corrected chi connectivity index (χ3v) is 4.25. The molecule has 0 unspecified atom stereocenters. The fourth-order valence-electron chi connectivity index (χ4n) is 2.65. The lowest BCUT2D eigenvalue weighted by molar-refractivity contribution is 0.393. The van der Waals surface area contributed by atoms with Crippen molar-refractivity contribution < 1.29 is 9.47 Å². The molecule has 3 aromatic rings. The number of rotatable bonds is 3. The molecule has 0 aliphatic rings. The number of benzene rings is 1. The van der Waals surface area contributed by atoms with Gasteiger partial charge in [0.25, 0.3) is 0 Å². The van der Waals surface area contributed by atoms with Gasteiger partial charge in [-0.3, -0.25) is 9.97 Å². The number of hydrogen-bond acceptors (Lipinski definition) is 4. The van der Waals surface area contributed by atoms with Crippen LogP contribution in [0.2, 0.25) is 5.02 Å². The van der Waals surface area contributed by atoms with E-state index in [1.165, 1.54) is 0 Å². The van der Waals surface area contributed by atoms with E-state index in [1.54, 1.807) is 20.3 Å². The van der Waals surface area contributed by atoms with Crippen LogP contribution in [0.1, 0.15) is 11.3 Å². The Morgan fingerprint density at radius 2 is 1.52 bits per heavy atom. The molecule has 2 heterocycles. The van der Waals surface area contributed by atoms with Crippen LogP contribution in [-0.2, 0) is 0 Å². The Hall–Kier alpha value is -2.33. The van der Waals surface area contributed by atoms with Gasteiger partial charge >= 0.3 is 0 Å². The van der Waals surface area contributed by atoms with Gasteiger partial charge in [-0.15, -0.1) is 0 Å². The Labute approximate surface area is 140 Å². The van der Waals surface area contributed by atoms with Crippen molar-refractivity contribution in [2.24, 2.45) is 0 Å². The molecule has 0 radical (unpaired) electrons. The number of hydrogen-bond donors (Lipinski definition) is 0. The van der Waals surface area contributed by atoms with Crippen LogP contribution in [0.4, 0.5) is 0 Å². The summed E-state index contributed by atoms with van der Waals surface area (Å²) >= 11 is 6.52. The Kier molecular flexibility index (Phi) is 4.09. The Morgan fingerprint density at radius 3 is 2.22 bits per heavy atom. The molecular weight excluding hydrogens is 312 g/mol. The largest absolute Gasteiger partial charge is 0.496 e. The van der Waals surface area contributed by atoms with E-state index >= 15 is 0 Å². The summed E-state index contributed by atoms with van der Waals surface area (Å²) in [6.07, 6.45) is 3.68. The van der Waals surface area contributed by atoms with E-state index < -0.39 is 0 Å². The maximum atomic E-state index is 6.52. The van der Waals surface area contributed by atoms with Crippen LogP contribution in [0.25, 0.3) is 22.0 Å². The van der Waals surface area contributed by atoms with Crippen LogP contribution in [0.5, 0.6) is 11.5 Å². The number of halogens is 1. The number of methoxy groups -OCH3 is 2. The van der Waals surface area contributed by atoms with E-state index in [4.69, 9.17) is 21.1 Å². The van der Waals surface area contributed by atoms with Crippen molar-refractivity contribution in [2.45, 2.75) is 13.8 Å². The molecule has 0 aliphatic heterocycles. The van der Waals surface area contributed by atoms with Crippen LogP contribution < -0.4 is 9.47 Å². The summed E-state index contributed by atoms with van der Waals surface area (Å²) in [5, 5.41) is 2.58. The van der Waals surface area contributed by atoms with Gasteiger partial charge in [0.15, 0.2) is 0 Å². The molecular formula is C18H17ClN2O2. The van der Waals surface area contributed by atoms with Crippen molar-refractivity contribution >= 4 is 22.4 Å². The van der Waals surface area contributed by atoms with Gasteiger partial charge in [0.2, 0.25) is 0 Å². The van der Waals surface area contributed by atoms with Crippen LogP contribution >= 0.6 is 11.6 Å². The predicted octanol–water partition coefficient (Wildman–Crippen LogP) is 4.58. The van der Waals surface area contributed by atoms with Gasteiger partial charge in [0.1, 0.15) is 11.5 Å². The topological polar surface area (TPSA) is 44.2 Å². The minimum Gasteiger partial charge on any atom is -0.496 e. The third kappa shape index (κ3) is 2.70. The average molecular weight is 329 g/mol. The molecule has 3 rings (SSSR count). The van der Waals surface area contributed by atoms with E-state index in [0.29, 0.717) is 16.5 Å². The summed E-state index contributed by atoms with van der Waals surface area (Å²) in [4.78, 5) is 8.91. The predicted molar refractivity (Wildman–Crippen MR) is 92.6 cm³/mol. The molecule has 0 spiro atoms. The smallest absolute Gasteiger partial charge is 0.141 e. The molecule has 0 saturated carbocycles. The van der Waals surface area contributed by atoms with Crippen molar-refractivity contribution in [1.29, 1.82) is 0 Å². The third-order valence-electron chi connectivity index (χ3n) is 3.88. The molecule has 0 fully saturated rings. The monoisotopic (exact) mass is 328 g/mol. The molecule has 4 nitrogen and oxygen atoms in total. The van der Waals surface area contributed by atoms with Gasteiger partial charge in [0, 0.05) is 46.1 Å². The molecule has 2 aromatic heterocycles. The lowest BCUT2D eigenvalue weighted by atomic mass is 10.0. The summed E-state index contributed by atoms with van der Waals surface area (Å²) in [5.74, 6) is 1.28. The first-order valence-electron chi connectivity index (χ1n) is 7.19. The number of fused-ring (bicyclic) bond motifs is 1. The molecule has 0 bridgehead atoms. The lowest BCUT2D eigenvalue weighted by Gasteiger charge is -2.15. The van der Waals surface area contributed by atoms with Gasteiger partial charge in [-0.2, -0.15) is 0 Å². The number of aryl methyl sites for hydroxylation is 1. The normalized spacial score (nSPS) is 10.8. The number of aromatic nitrogens is 2. The molecule has 0 saturated heterocycles. The second-order valence-electron chi connectivity index (χ2n) is 5.34. The highest BCUT2D eigenvalue weighted by molar-refractivity contribution is 6.35. The Balaban J connectivity index is 2.27. The van der Waals surface area contributed by atoms with Gasteiger partial charge in [-0.1, -0.05) is 11.6 Å². The lowest BCUT2D eigenvalue weighted by Crippen LogP contribution is -1.97. The average Bonchev–Trinajstić information content (AvgIpc) is 2.55. The van der Waals surface area contributed by atoms with Gasteiger partial charge in [-0.05, 0) is 26.0 Å². The first-order chi connectivity index (χ1) is 11.0. The highest BCUT2D eigenvalue weighted by Crippen LogP contribution is 2.42. The zero-order chi connectivity index (χ0) is 16.6. The minimum absolute atomic E-state index is 0.526. The first-order valence-corrected chi connectivity index (χ1v) is 7.56. The van der Waals surface area contributed by atoms with Gasteiger partial charge in [-0.25, -0.2) is 0 Å². The van der Waals surface area contributed by atoms with Crippen molar-refractivity contribution in [2.75, 3.05) is 14.2 Å². The van der Waals surface area contributed by atoms with Gasteiger partial charge < -0.3 is 9.47 Å². The maximum absolute atomic E-state index is 6.52. The molecule has 0 N–H and O–H groups in total. The molecule has 1 aromatic carbocycles. The fourth-order valence-corrected chi connectivity index (χ4v) is 3.02. The first kappa shape index (κ1) is 15.6. The second-order valence-corrected chi connectivity index (χ2v) is 5.72. The Morgan fingerprint density at radius 1 is 0.870 bits per heavy atom. The van der Waals surface area contributed by atoms with E-state index in [-0.39, 0.29) is 0 Å². The number of pyridine rings is 2. The Bertz CT molecular complexity index is 866. The zero-order valence-electron chi connectivity index (χ0n) is 13.5. The SMILES string of the molecule is COc1cc(OC)c(Cl)c(-c2cc3cnc(C)cc3cn2)c1C. The minimum atomic E-state index is 0.526. The molecule has 0 atom stereocenters. The molecule has 23 heavy (non-hydrogen) atoms. The molecule has 118 valence electrons. The van der Waals surface area contributed by atoms with E-state index in [9.17, 15) is 0 Å². The summed E-state index contributed by atoms with van der Waals surface area (Å²) in [7, 11) is 3.21. The van der Waals surface area contributed by atoms with E-state index in [2.05, 4.69) is 9.97 Å². The van der Waals surface area contributed by atoms with Crippen molar-refractivity contribution in [3.63, 3.8) is 0 Å². The standard InChI is InChI=1S/C18H17ClN2O2/c1-10-5-12-9-21-14(6-13(12)8-20-10)17-11(2)15(22-3)7-16(23-4)18(17)19/h5-9H,1-4H3. The summed E-state index contributed by atoms with van der Waals surface area (Å²) in [6, 6.07) is 5.77. The van der Waals surface area contributed by atoms with E-state index in [1.807, 2.05) is 38.4 Å². The van der Waals surface area contributed by atoms with Crippen LogP contribution in [0, 0.1) is 13.8 Å². The zero-order valence-corrected chi connectivity index (χ0v) is 14.2. The van der Waals surface area contributed by atoms with E-state index in [0.717, 1.165) is 33.3 Å². The second kappa shape index (κ2) is 6.05. The van der Waals surface area contributed by atoms with Crippen LogP contribution in [0.3, 0.4) is 0 Å². The molecule has 0 aliphatic carbocycles. The quantitative estimate of drug-likeness (QED) is 0.705. The van der Waals surface area contributed by atoms with Crippen molar-refractivity contribution in [3.8, 4) is 22.8 Å². The van der Waals surface area contributed by atoms with Crippen molar-refractivity contribution in [3.05, 3.63) is 46.9 Å². The maximum Gasteiger partial charge on any atom is 0.141 e. The highest BCUT2D eigenvalue weighted by atomic mass is 35.5. The van der Waals surface area contributed by atoms with Crippen molar-refractivity contribution in [1.82, 2.24) is 9.97 Å². The summed E-state index contributed by atoms with van der Waals surface area (Å²) < 4.78 is 10.8. The van der Waals surface area contributed by atoms with Crippen LogP contribution in [-0.4, -0.2) is 24.2 Å². The fraction of sp³-hybridized carbons (Fsp3) is 0.222. The number of ether oxygens (including phenoxy) is 2. The summed E-state index contributed by atoms with van der Waals surface area (Å²) in [6.45, 7) is 3.92. The number of nitrogens with zero attached hydrogens (tertiary/aromatic N) is 2.